The molecule has 0 radical (unpaired) electrons. The summed E-state index contributed by atoms with van der Waals surface area (Å²) in [6, 6.07) is 29.2. The van der Waals surface area contributed by atoms with Crippen molar-refractivity contribution < 1.29 is 0 Å². The van der Waals surface area contributed by atoms with Gasteiger partial charge in [-0.15, -0.1) is 0 Å². The number of hydrogen-bond donors (Lipinski definition) is 1. The van der Waals surface area contributed by atoms with E-state index in [0.717, 1.165) is 22.9 Å². The summed E-state index contributed by atoms with van der Waals surface area (Å²) in [5.41, 5.74) is 5.60. The van der Waals surface area contributed by atoms with Crippen LogP contribution in [0.3, 0.4) is 0 Å². The van der Waals surface area contributed by atoms with Crippen molar-refractivity contribution in [2.75, 3.05) is 5.32 Å². The minimum absolute atomic E-state index is 0.698. The van der Waals surface area contributed by atoms with Gasteiger partial charge < -0.3 is 5.32 Å². The molecule has 150 valence electrons. The molecule has 0 saturated carbocycles. The highest BCUT2D eigenvalue weighted by Gasteiger charge is 2.05. The molecule has 0 saturated heterocycles. The second-order valence-electron chi connectivity index (χ2n) is 7.56. The average molecular weight is 403 g/mol. The molecule has 5 aromatic rings. The van der Waals surface area contributed by atoms with E-state index in [1.54, 1.807) is 6.20 Å². The van der Waals surface area contributed by atoms with E-state index >= 15 is 0 Å². The van der Waals surface area contributed by atoms with Crippen LogP contribution in [-0.2, 0) is 6.54 Å². The van der Waals surface area contributed by atoms with Crippen LogP contribution in [0.25, 0.3) is 33.3 Å². The van der Waals surface area contributed by atoms with Crippen molar-refractivity contribution in [3.05, 3.63) is 109 Å². The van der Waals surface area contributed by atoms with Crippen LogP contribution >= 0.6 is 0 Å². The molecule has 0 spiro atoms. The van der Waals surface area contributed by atoms with E-state index in [9.17, 15) is 0 Å². The van der Waals surface area contributed by atoms with E-state index in [1.807, 2.05) is 37.4 Å². The van der Waals surface area contributed by atoms with Gasteiger partial charge in [-0.2, -0.15) is 0 Å². The van der Waals surface area contributed by atoms with E-state index in [-0.39, 0.29) is 0 Å². The highest BCUT2D eigenvalue weighted by Crippen LogP contribution is 2.23. The van der Waals surface area contributed by atoms with Crippen molar-refractivity contribution in [3.8, 4) is 22.5 Å². The summed E-state index contributed by atoms with van der Waals surface area (Å²) >= 11 is 0. The first kappa shape index (κ1) is 18.9. The third kappa shape index (κ3) is 4.28. The van der Waals surface area contributed by atoms with Crippen LogP contribution in [0.4, 0.5) is 5.82 Å². The molecule has 2 aromatic heterocycles. The highest BCUT2D eigenvalue weighted by atomic mass is 15.0. The van der Waals surface area contributed by atoms with Crippen molar-refractivity contribution in [3.63, 3.8) is 0 Å². The van der Waals surface area contributed by atoms with Gasteiger partial charge in [-0.3, -0.25) is 4.98 Å². The number of benzene rings is 3. The Morgan fingerprint density at radius 2 is 1.45 bits per heavy atom. The molecule has 0 unspecified atom stereocenters. The highest BCUT2D eigenvalue weighted by molar-refractivity contribution is 5.86. The summed E-state index contributed by atoms with van der Waals surface area (Å²) in [5, 5.41) is 5.82. The lowest BCUT2D eigenvalue weighted by molar-refractivity contribution is 1.09. The standard InChI is InChI=1S/C27H22N4/c1-19-16-24(12-14-28-19)22-8-6-20(7-9-22)18-30-26-13-15-29-27(31-26)25-11-10-21-4-2-3-5-23(21)17-25/h2-17H,18H2,1H3,(H,29,30,31). The monoisotopic (exact) mass is 402 g/mol. The molecule has 0 aliphatic carbocycles. The molecule has 31 heavy (non-hydrogen) atoms. The molecule has 0 amide bonds. The van der Waals surface area contributed by atoms with Crippen molar-refractivity contribution in [2.45, 2.75) is 13.5 Å². The minimum atomic E-state index is 0.698. The van der Waals surface area contributed by atoms with Crippen LogP contribution in [0.1, 0.15) is 11.3 Å². The van der Waals surface area contributed by atoms with E-state index < -0.39 is 0 Å². The lowest BCUT2D eigenvalue weighted by atomic mass is 10.0. The molecule has 0 aliphatic heterocycles. The van der Waals surface area contributed by atoms with E-state index in [1.165, 1.54) is 27.5 Å². The SMILES string of the molecule is Cc1cc(-c2ccc(CNc3ccnc(-c4ccc5ccccc5c4)n3)cc2)ccn1. The number of nitrogens with zero attached hydrogens (tertiary/aromatic N) is 3. The summed E-state index contributed by atoms with van der Waals surface area (Å²) in [5.74, 6) is 1.53. The zero-order chi connectivity index (χ0) is 21.0. The predicted octanol–water partition coefficient (Wildman–Crippen LogP) is 6.28. The number of rotatable bonds is 5. The Kier molecular flexibility index (Phi) is 5.11. The van der Waals surface area contributed by atoms with Crippen molar-refractivity contribution >= 4 is 16.6 Å². The zero-order valence-corrected chi connectivity index (χ0v) is 17.3. The second kappa shape index (κ2) is 8.36. The number of nitrogens with one attached hydrogen (secondary N) is 1. The molecule has 0 aliphatic rings. The lowest BCUT2D eigenvalue weighted by Gasteiger charge is -2.09. The molecular weight excluding hydrogens is 380 g/mol. The van der Waals surface area contributed by atoms with Gasteiger partial charge in [0, 0.05) is 30.2 Å². The normalized spacial score (nSPS) is 10.9. The first-order valence-corrected chi connectivity index (χ1v) is 10.3. The third-order valence-electron chi connectivity index (χ3n) is 5.32. The van der Waals surface area contributed by atoms with Crippen LogP contribution in [0.5, 0.6) is 0 Å². The topological polar surface area (TPSA) is 50.7 Å². The van der Waals surface area contributed by atoms with Crippen molar-refractivity contribution in [2.24, 2.45) is 0 Å². The minimum Gasteiger partial charge on any atom is -0.366 e. The first-order chi connectivity index (χ1) is 15.2. The quantitative estimate of drug-likeness (QED) is 0.376. The van der Waals surface area contributed by atoms with Gasteiger partial charge >= 0.3 is 0 Å². The number of fused-ring (bicyclic) bond motifs is 1. The maximum Gasteiger partial charge on any atom is 0.161 e. The number of hydrogen-bond acceptors (Lipinski definition) is 4. The summed E-state index contributed by atoms with van der Waals surface area (Å²) in [4.78, 5) is 13.4. The van der Waals surface area contributed by atoms with Crippen LogP contribution in [0, 0.1) is 6.92 Å². The Bertz CT molecular complexity index is 1340. The number of anilines is 1. The number of aryl methyl sites for hydroxylation is 1. The molecular formula is C27H22N4. The fourth-order valence-electron chi connectivity index (χ4n) is 3.66. The maximum absolute atomic E-state index is 4.71. The molecule has 0 fully saturated rings. The zero-order valence-electron chi connectivity index (χ0n) is 17.3. The van der Waals surface area contributed by atoms with Crippen molar-refractivity contribution in [1.82, 2.24) is 15.0 Å². The molecule has 5 rings (SSSR count). The van der Waals surface area contributed by atoms with Gasteiger partial charge in [0.05, 0.1) is 0 Å². The van der Waals surface area contributed by atoms with Crippen LogP contribution < -0.4 is 5.32 Å². The number of aromatic nitrogens is 3. The molecule has 1 N–H and O–H groups in total. The van der Waals surface area contributed by atoms with Gasteiger partial charge in [0.1, 0.15) is 5.82 Å². The molecule has 4 nitrogen and oxygen atoms in total. The van der Waals surface area contributed by atoms with Gasteiger partial charge in [-0.05, 0) is 58.7 Å². The maximum atomic E-state index is 4.71. The Balaban J connectivity index is 1.30. The van der Waals surface area contributed by atoms with E-state index in [4.69, 9.17) is 4.98 Å². The van der Waals surface area contributed by atoms with Crippen LogP contribution in [-0.4, -0.2) is 15.0 Å². The third-order valence-corrected chi connectivity index (χ3v) is 5.32. The van der Waals surface area contributed by atoms with Gasteiger partial charge in [0.2, 0.25) is 0 Å². The summed E-state index contributed by atoms with van der Waals surface area (Å²) in [6.07, 6.45) is 3.65. The first-order valence-electron chi connectivity index (χ1n) is 10.3. The van der Waals surface area contributed by atoms with Gasteiger partial charge in [0.25, 0.3) is 0 Å². The summed E-state index contributed by atoms with van der Waals surface area (Å²) < 4.78 is 0. The summed E-state index contributed by atoms with van der Waals surface area (Å²) in [7, 11) is 0. The number of pyridine rings is 1. The lowest BCUT2D eigenvalue weighted by Crippen LogP contribution is -2.02. The Morgan fingerprint density at radius 3 is 2.29 bits per heavy atom. The van der Waals surface area contributed by atoms with Crippen molar-refractivity contribution in [1.29, 1.82) is 0 Å². The van der Waals surface area contributed by atoms with E-state index in [2.05, 4.69) is 75.9 Å². The molecule has 2 heterocycles. The smallest absolute Gasteiger partial charge is 0.161 e. The summed E-state index contributed by atoms with van der Waals surface area (Å²) in [6.45, 7) is 2.71. The predicted molar refractivity (Wildman–Crippen MR) is 127 cm³/mol. The van der Waals surface area contributed by atoms with Crippen LogP contribution in [0.2, 0.25) is 0 Å². The second-order valence-corrected chi connectivity index (χ2v) is 7.56. The Hall–Kier alpha value is -4.05. The van der Waals surface area contributed by atoms with Gasteiger partial charge in [-0.1, -0.05) is 60.7 Å². The van der Waals surface area contributed by atoms with Gasteiger partial charge in [0.15, 0.2) is 5.82 Å². The largest absolute Gasteiger partial charge is 0.366 e. The molecule has 0 bridgehead atoms. The fraction of sp³-hybridized carbons (Fsp3) is 0.0741. The Labute approximate surface area is 181 Å². The van der Waals surface area contributed by atoms with Gasteiger partial charge in [-0.25, -0.2) is 9.97 Å². The van der Waals surface area contributed by atoms with E-state index in [0.29, 0.717) is 6.54 Å². The Morgan fingerprint density at radius 1 is 0.677 bits per heavy atom. The molecule has 0 atom stereocenters. The molecule has 3 aromatic carbocycles. The molecule has 4 heteroatoms. The fourth-order valence-corrected chi connectivity index (χ4v) is 3.66. The average Bonchev–Trinajstić information content (AvgIpc) is 2.83. The van der Waals surface area contributed by atoms with Crippen LogP contribution in [0.15, 0.2) is 97.3 Å².